The van der Waals surface area contributed by atoms with Gasteiger partial charge in [-0.1, -0.05) is 54.3 Å². The van der Waals surface area contributed by atoms with E-state index in [4.69, 9.17) is 50.3 Å². The van der Waals surface area contributed by atoms with Gasteiger partial charge in [0.15, 0.2) is 19.6 Å². The number of aliphatic hydroxyl groups excluding tert-OH is 5. The van der Waals surface area contributed by atoms with Crippen LogP contribution >= 0.6 is 0 Å². The highest BCUT2D eigenvalue weighted by Crippen LogP contribution is 2.09. The van der Waals surface area contributed by atoms with Crippen LogP contribution in [-0.2, 0) is 38.2 Å². The molecule has 426 valence electrons. The summed E-state index contributed by atoms with van der Waals surface area (Å²) < 4.78 is 11.1. The van der Waals surface area contributed by atoms with E-state index in [2.05, 4.69) is 50.1 Å². The molecule has 23 heteroatoms. The molecular weight excluding hydrogens is 957 g/mol. The SMILES string of the molecule is C.C.C=C(C)C(=C)NCC[N+](C)(CCO)CC(=O)O.C=C(C)C(=C)OCC[N+](C)(CCO)CC(=O)O.C=C(C)C(=O)NCC[N+](C)(CCO)CCC(=O)[O-].C=C(C)C(=O)OCC[N+](CCO)(CCO)CC(=O)O. The second-order valence-corrected chi connectivity index (χ2v) is 18.0. The van der Waals surface area contributed by atoms with Gasteiger partial charge in [0.05, 0.1) is 86.9 Å². The monoisotopic (exact) mass is 1050 g/mol. The Morgan fingerprint density at radius 1 is 0.479 bits per heavy atom. The Labute approximate surface area is 435 Å². The summed E-state index contributed by atoms with van der Waals surface area (Å²) in [5.74, 6) is -4.14. The number of aliphatic hydroxyl groups is 5. The number of amides is 1. The molecule has 0 rings (SSSR count). The van der Waals surface area contributed by atoms with Gasteiger partial charge < -0.3 is 88.8 Å². The summed E-state index contributed by atoms with van der Waals surface area (Å²) in [6.45, 7) is 33.1. The van der Waals surface area contributed by atoms with Crippen LogP contribution in [0.4, 0.5) is 0 Å². The molecule has 73 heavy (non-hydrogen) atoms. The number of aliphatic carboxylic acids is 4. The molecule has 3 unspecified atom stereocenters. The summed E-state index contributed by atoms with van der Waals surface area (Å²) in [6.07, 6.45) is -0.0646. The number of esters is 1. The second kappa shape index (κ2) is 43.0. The van der Waals surface area contributed by atoms with E-state index in [9.17, 15) is 33.9 Å². The molecule has 0 saturated heterocycles. The first-order valence-corrected chi connectivity index (χ1v) is 22.9. The standard InChI is InChI=1S/C12H22N2O4.C12H22N2O3.C12H21NO6.C12H21NO4.2CH4/c1-10(2)12(18)13-5-7-14(3,8-9-15)6-4-11(16)17;1-10(2)11(3)13-5-6-14(4,7-8-15)9-12(16)17;1-10(2)12(18)19-8-5-13(3-6-14,4-7-15)9-11(16)17;1-10(2)11(3)17-8-6-13(4,5-7-14)9-12(15)16;;/h15H,1,4-9H2,2-3H3,(H-,13,16,17,18);13,15H,1,3,5-9H2,2,4H3;14-15H,1,3-9H2,2H3;14H,1,3,5-9H2,2,4H3;2*1H4/p+3. The van der Waals surface area contributed by atoms with Gasteiger partial charge in [0.1, 0.15) is 64.8 Å². The Morgan fingerprint density at radius 3 is 1.25 bits per heavy atom. The number of likely N-dealkylation sites (N-methyl/N-ethyl adjacent to an activating group) is 3. The highest BCUT2D eigenvalue weighted by atomic mass is 16.5. The summed E-state index contributed by atoms with van der Waals surface area (Å²) >= 11 is 0. The molecule has 0 fully saturated rings. The van der Waals surface area contributed by atoms with Gasteiger partial charge in [-0.05, 0) is 38.8 Å². The quantitative estimate of drug-likeness (QED) is 0.0121. The summed E-state index contributed by atoms with van der Waals surface area (Å²) in [7, 11) is 5.43. The highest BCUT2D eigenvalue weighted by Gasteiger charge is 2.30. The van der Waals surface area contributed by atoms with Gasteiger partial charge >= 0.3 is 23.9 Å². The van der Waals surface area contributed by atoms with E-state index in [1.165, 1.54) is 6.92 Å². The first kappa shape index (κ1) is 78.9. The lowest BCUT2D eigenvalue weighted by atomic mass is 10.2. The molecule has 0 saturated carbocycles. The molecular formula is C50H97N6O17+3. The lowest BCUT2D eigenvalue weighted by molar-refractivity contribution is -0.922. The molecule has 0 spiro atoms. The Hall–Kier alpha value is -5.50. The molecule has 0 radical (unpaired) electrons. The number of rotatable bonds is 37. The maximum atomic E-state index is 11.3. The number of carbonyl (C=O) groups is 6. The third kappa shape index (κ3) is 43.8. The van der Waals surface area contributed by atoms with Crippen molar-refractivity contribution in [3.63, 3.8) is 0 Å². The molecule has 0 aromatic heterocycles. The maximum absolute atomic E-state index is 11.3. The minimum atomic E-state index is -1.11. The van der Waals surface area contributed by atoms with Crippen LogP contribution in [-0.4, -0.2) is 260 Å². The van der Waals surface area contributed by atoms with E-state index in [1.807, 2.05) is 21.0 Å². The van der Waals surface area contributed by atoms with E-state index in [0.717, 1.165) is 16.8 Å². The largest absolute Gasteiger partial charge is 0.550 e. The topological polar surface area (TPSA) is 330 Å². The number of ether oxygens (including phenoxy) is 2. The first-order valence-electron chi connectivity index (χ1n) is 22.9. The maximum Gasteiger partial charge on any atom is 0.359 e. The average Bonchev–Trinajstić information content (AvgIpc) is 3.23. The molecule has 0 bridgehead atoms. The van der Waals surface area contributed by atoms with Crippen molar-refractivity contribution in [3.05, 3.63) is 73.2 Å². The van der Waals surface area contributed by atoms with Gasteiger partial charge in [-0.25, -0.2) is 19.2 Å². The number of allylic oxidation sites excluding steroid dienone is 2. The number of carbonyl (C=O) groups excluding carboxylic acids is 3. The zero-order valence-corrected chi connectivity index (χ0v) is 43.5. The van der Waals surface area contributed by atoms with Crippen molar-refractivity contribution < 1.29 is 102 Å². The second-order valence-electron chi connectivity index (χ2n) is 18.0. The Balaban J connectivity index is -0.000000203. The third-order valence-corrected chi connectivity index (χ3v) is 10.8. The molecule has 3 atom stereocenters. The van der Waals surface area contributed by atoms with Crippen molar-refractivity contribution in [2.24, 2.45) is 0 Å². The fraction of sp³-hybridized carbons (Fsp3) is 0.640. The van der Waals surface area contributed by atoms with E-state index < -0.39 is 29.8 Å². The Bertz CT molecular complexity index is 1680. The highest BCUT2D eigenvalue weighted by molar-refractivity contribution is 5.92. The summed E-state index contributed by atoms with van der Waals surface area (Å²) in [5, 5.41) is 87.7. The number of nitrogens with one attached hydrogen (secondary N) is 2. The lowest BCUT2D eigenvalue weighted by Gasteiger charge is -2.36. The molecule has 0 aliphatic rings. The molecule has 0 aliphatic heterocycles. The number of hydrogen-bond donors (Lipinski definition) is 10. The van der Waals surface area contributed by atoms with Crippen LogP contribution in [0.5, 0.6) is 0 Å². The molecule has 23 nitrogen and oxygen atoms in total. The van der Waals surface area contributed by atoms with Crippen LogP contribution < -0.4 is 15.7 Å². The summed E-state index contributed by atoms with van der Waals surface area (Å²) in [6, 6.07) is 0. The van der Waals surface area contributed by atoms with Crippen molar-refractivity contribution in [2.45, 2.75) is 49.0 Å². The van der Waals surface area contributed by atoms with Crippen molar-refractivity contribution in [3.8, 4) is 0 Å². The van der Waals surface area contributed by atoms with Crippen LogP contribution in [0.15, 0.2) is 73.2 Å². The number of nitrogens with zero attached hydrogens (tertiary/aromatic N) is 4. The van der Waals surface area contributed by atoms with Gasteiger partial charge in [-0.15, -0.1) is 0 Å². The smallest absolute Gasteiger partial charge is 0.359 e. The van der Waals surface area contributed by atoms with Crippen molar-refractivity contribution >= 4 is 35.8 Å². The number of carboxylic acids is 4. The van der Waals surface area contributed by atoms with Gasteiger partial charge in [-0.3, -0.25) is 4.79 Å². The fourth-order valence-electron chi connectivity index (χ4n) is 6.08. The number of hydrogen-bond acceptors (Lipinski definition) is 15. The molecule has 0 aromatic rings. The number of quaternary nitrogens is 4. The van der Waals surface area contributed by atoms with Gasteiger partial charge in [0.2, 0.25) is 5.91 Å². The van der Waals surface area contributed by atoms with Crippen LogP contribution in [0, 0.1) is 0 Å². The molecule has 0 aromatic carbocycles. The zero-order valence-electron chi connectivity index (χ0n) is 43.5. The van der Waals surface area contributed by atoms with Crippen molar-refractivity contribution in [1.29, 1.82) is 0 Å². The molecule has 1 amide bonds. The van der Waals surface area contributed by atoms with E-state index >= 15 is 0 Å². The number of carboxylic acid groups (broad SMARTS) is 4. The summed E-state index contributed by atoms with van der Waals surface area (Å²) in [4.78, 5) is 65.3. The molecule has 0 aliphatic carbocycles. The minimum Gasteiger partial charge on any atom is -0.550 e. The predicted octanol–water partition coefficient (Wildman–Crippen LogP) is -0.673. The molecule has 10 N–H and O–H groups in total. The van der Waals surface area contributed by atoms with Crippen molar-refractivity contribution in [1.82, 2.24) is 10.6 Å². The van der Waals surface area contributed by atoms with Crippen molar-refractivity contribution in [2.75, 3.05) is 166 Å². The van der Waals surface area contributed by atoms with Gasteiger partial charge in [0, 0.05) is 29.2 Å². The fourth-order valence-corrected chi connectivity index (χ4v) is 6.08. The van der Waals surface area contributed by atoms with Crippen LogP contribution in [0.3, 0.4) is 0 Å². The van der Waals surface area contributed by atoms with E-state index in [0.29, 0.717) is 85.8 Å². The zero-order chi connectivity index (χ0) is 56.0. The van der Waals surface area contributed by atoms with E-state index in [1.54, 1.807) is 20.9 Å². The van der Waals surface area contributed by atoms with Crippen LogP contribution in [0.1, 0.15) is 49.0 Å². The normalized spacial score (nSPS) is 12.7. The predicted molar refractivity (Wildman–Crippen MR) is 279 cm³/mol. The van der Waals surface area contributed by atoms with Gasteiger partial charge in [0.25, 0.3) is 0 Å². The average molecular weight is 1050 g/mol. The molecule has 0 heterocycles. The van der Waals surface area contributed by atoms with Crippen LogP contribution in [0.25, 0.3) is 0 Å². The minimum absolute atomic E-state index is 0. The Kier molecular flexibility index (Phi) is 46.4. The van der Waals surface area contributed by atoms with E-state index in [-0.39, 0.29) is 121 Å². The third-order valence-electron chi connectivity index (χ3n) is 10.8. The lowest BCUT2D eigenvalue weighted by Crippen LogP contribution is -2.56. The summed E-state index contributed by atoms with van der Waals surface area (Å²) in [5.41, 5.74) is 3.07. The first-order chi connectivity index (χ1) is 32.8. The van der Waals surface area contributed by atoms with Gasteiger partial charge in [-0.2, -0.15) is 0 Å². The van der Waals surface area contributed by atoms with Crippen LogP contribution in [0.2, 0.25) is 0 Å². The Morgan fingerprint density at radius 2 is 0.877 bits per heavy atom.